The van der Waals surface area contributed by atoms with Crippen LogP contribution in [-0.4, -0.2) is 37.5 Å². The fraction of sp³-hybridized carbons (Fsp3) is 0.250. The summed E-state index contributed by atoms with van der Waals surface area (Å²) in [6, 6.07) is 10.0. The predicted molar refractivity (Wildman–Crippen MR) is 88.6 cm³/mol. The van der Waals surface area contributed by atoms with Gasteiger partial charge in [0.2, 0.25) is 0 Å². The van der Waals surface area contributed by atoms with Gasteiger partial charge in [0.1, 0.15) is 11.5 Å². The van der Waals surface area contributed by atoms with Crippen LogP contribution in [0.1, 0.15) is 16.9 Å². The zero-order chi connectivity index (χ0) is 19.5. The lowest BCUT2D eigenvalue weighted by molar-refractivity contribution is -0.0510. The van der Waals surface area contributed by atoms with E-state index in [2.05, 4.69) is 24.1 Å². The van der Waals surface area contributed by atoms with Gasteiger partial charge in [-0.15, -0.1) is 0 Å². The molecule has 10 heteroatoms. The maximum atomic E-state index is 10.7. The van der Waals surface area contributed by atoms with E-state index in [1.165, 1.54) is 11.1 Å². The first kappa shape index (κ1) is 19.9. The zero-order valence-electron chi connectivity index (χ0n) is 13.8. The van der Waals surface area contributed by atoms with Gasteiger partial charge in [-0.3, -0.25) is 4.55 Å². The zero-order valence-corrected chi connectivity index (χ0v) is 14.6. The molecule has 0 atom stereocenters. The maximum Gasteiger partial charge on any atom is 0.522 e. The Labute approximate surface area is 148 Å². The molecule has 1 aromatic heterocycles. The van der Waals surface area contributed by atoms with Crippen LogP contribution >= 0.6 is 0 Å². The van der Waals surface area contributed by atoms with Gasteiger partial charge in [0.05, 0.1) is 19.1 Å². The number of fused-ring (bicyclic) bond motifs is 1. The SMILES string of the molecule is COc1cccc2c1CN(C)C(c1ccco1)=C2.O=S(=O)(O)C(F)(F)F. The summed E-state index contributed by atoms with van der Waals surface area (Å²) >= 11 is 0. The van der Waals surface area contributed by atoms with E-state index in [0.717, 1.165) is 23.8 Å². The van der Waals surface area contributed by atoms with Crippen LogP contribution in [-0.2, 0) is 16.7 Å². The minimum atomic E-state index is -5.84. The van der Waals surface area contributed by atoms with Crippen LogP contribution in [0.2, 0.25) is 0 Å². The summed E-state index contributed by atoms with van der Waals surface area (Å²) in [4.78, 5) is 2.17. The van der Waals surface area contributed by atoms with E-state index in [9.17, 15) is 13.2 Å². The Kier molecular flexibility index (Phi) is 5.67. The Morgan fingerprint density at radius 2 is 1.88 bits per heavy atom. The molecule has 0 radical (unpaired) electrons. The highest BCUT2D eigenvalue weighted by Gasteiger charge is 2.44. The number of halogens is 3. The second-order valence-electron chi connectivity index (χ2n) is 5.31. The van der Waals surface area contributed by atoms with Crippen molar-refractivity contribution in [2.75, 3.05) is 14.2 Å². The number of benzene rings is 1. The van der Waals surface area contributed by atoms with Crippen molar-refractivity contribution in [1.82, 2.24) is 4.90 Å². The number of hydrogen-bond donors (Lipinski definition) is 1. The number of ether oxygens (including phenoxy) is 1. The quantitative estimate of drug-likeness (QED) is 0.622. The van der Waals surface area contributed by atoms with Crippen molar-refractivity contribution in [3.63, 3.8) is 0 Å². The summed E-state index contributed by atoms with van der Waals surface area (Å²) in [5.41, 5.74) is -2.02. The Morgan fingerprint density at radius 3 is 2.38 bits per heavy atom. The molecule has 142 valence electrons. The number of alkyl halides is 3. The second-order valence-corrected chi connectivity index (χ2v) is 6.72. The van der Waals surface area contributed by atoms with Crippen molar-refractivity contribution >= 4 is 21.9 Å². The third kappa shape index (κ3) is 4.38. The van der Waals surface area contributed by atoms with Gasteiger partial charge in [-0.2, -0.15) is 21.6 Å². The molecule has 2 aromatic rings. The molecule has 3 rings (SSSR count). The van der Waals surface area contributed by atoms with Gasteiger partial charge < -0.3 is 14.1 Å². The molecular formula is C16H16F3NO5S. The minimum Gasteiger partial charge on any atom is -0.496 e. The molecule has 2 heterocycles. The van der Waals surface area contributed by atoms with Crippen molar-refractivity contribution in [3.8, 4) is 5.75 Å². The van der Waals surface area contributed by atoms with Crippen molar-refractivity contribution in [2.24, 2.45) is 0 Å². The first-order chi connectivity index (χ1) is 12.0. The summed E-state index contributed by atoms with van der Waals surface area (Å²) in [5.74, 6) is 1.83. The highest BCUT2D eigenvalue weighted by Crippen LogP contribution is 2.34. The Morgan fingerprint density at radius 1 is 1.23 bits per heavy atom. The summed E-state index contributed by atoms with van der Waals surface area (Å²) in [6.45, 7) is 0.825. The number of rotatable bonds is 2. The fourth-order valence-corrected chi connectivity index (χ4v) is 2.34. The van der Waals surface area contributed by atoms with E-state index in [1.807, 2.05) is 24.3 Å². The third-order valence-corrected chi connectivity index (χ3v) is 4.14. The number of furan rings is 1. The molecule has 0 fully saturated rings. The fourth-order valence-electron chi connectivity index (χ4n) is 2.34. The molecule has 6 nitrogen and oxygen atoms in total. The van der Waals surface area contributed by atoms with Crippen molar-refractivity contribution < 1.29 is 35.3 Å². The molecule has 0 unspecified atom stereocenters. The van der Waals surface area contributed by atoms with E-state index in [-0.39, 0.29) is 0 Å². The minimum absolute atomic E-state index is 0.825. The topological polar surface area (TPSA) is 80.0 Å². The molecular weight excluding hydrogens is 375 g/mol. The molecule has 0 saturated carbocycles. The van der Waals surface area contributed by atoms with E-state index < -0.39 is 15.6 Å². The van der Waals surface area contributed by atoms with Crippen LogP contribution in [0, 0.1) is 0 Å². The predicted octanol–water partition coefficient (Wildman–Crippen LogP) is 3.63. The molecule has 0 spiro atoms. The van der Waals surface area contributed by atoms with E-state index >= 15 is 0 Å². The summed E-state index contributed by atoms with van der Waals surface area (Å²) < 4.78 is 68.4. The van der Waals surface area contributed by atoms with Gasteiger partial charge in [0.15, 0.2) is 0 Å². The molecule has 1 N–H and O–H groups in total. The molecule has 26 heavy (non-hydrogen) atoms. The summed E-state index contributed by atoms with van der Waals surface area (Å²) in [7, 11) is -2.07. The summed E-state index contributed by atoms with van der Waals surface area (Å²) in [5, 5.41) is 0. The lowest BCUT2D eigenvalue weighted by atomic mass is 10.00. The van der Waals surface area contributed by atoms with Gasteiger partial charge in [-0.25, -0.2) is 0 Å². The van der Waals surface area contributed by atoms with Crippen LogP contribution < -0.4 is 4.74 Å². The average Bonchev–Trinajstić information content (AvgIpc) is 3.06. The first-order valence-corrected chi connectivity index (χ1v) is 8.65. The van der Waals surface area contributed by atoms with E-state index in [4.69, 9.17) is 22.1 Å². The van der Waals surface area contributed by atoms with E-state index in [1.54, 1.807) is 13.4 Å². The Balaban J connectivity index is 0.000000260. The molecule has 0 saturated heterocycles. The first-order valence-electron chi connectivity index (χ1n) is 7.21. The third-order valence-electron chi connectivity index (χ3n) is 3.55. The highest BCUT2D eigenvalue weighted by atomic mass is 32.2. The molecule has 0 amide bonds. The van der Waals surface area contributed by atoms with E-state index in [0.29, 0.717) is 0 Å². The molecule has 1 aliphatic heterocycles. The van der Waals surface area contributed by atoms with Gasteiger partial charge in [-0.05, 0) is 29.8 Å². The van der Waals surface area contributed by atoms with Crippen LogP contribution in [0.4, 0.5) is 13.2 Å². The molecule has 0 bridgehead atoms. The van der Waals surface area contributed by atoms with Gasteiger partial charge in [0.25, 0.3) is 0 Å². The van der Waals surface area contributed by atoms with Crippen LogP contribution in [0.3, 0.4) is 0 Å². The number of hydrogen-bond acceptors (Lipinski definition) is 5. The monoisotopic (exact) mass is 391 g/mol. The normalized spacial score (nSPS) is 14.1. The maximum absolute atomic E-state index is 10.7. The van der Waals surface area contributed by atoms with Crippen molar-refractivity contribution in [1.29, 1.82) is 0 Å². The molecule has 1 aromatic carbocycles. The second kappa shape index (κ2) is 7.42. The Hall–Kier alpha value is -2.46. The number of methoxy groups -OCH3 is 1. The smallest absolute Gasteiger partial charge is 0.496 e. The van der Waals surface area contributed by atoms with Gasteiger partial charge in [-0.1, -0.05) is 12.1 Å². The molecule has 1 aliphatic rings. The average molecular weight is 391 g/mol. The Bertz CT molecular complexity index is 889. The van der Waals surface area contributed by atoms with Crippen LogP contribution in [0.15, 0.2) is 41.0 Å². The molecule has 0 aliphatic carbocycles. The van der Waals surface area contributed by atoms with Gasteiger partial charge in [0, 0.05) is 19.2 Å². The van der Waals surface area contributed by atoms with Crippen molar-refractivity contribution in [2.45, 2.75) is 12.1 Å². The lowest BCUT2D eigenvalue weighted by Crippen LogP contribution is -2.21. The van der Waals surface area contributed by atoms with Crippen molar-refractivity contribution in [3.05, 3.63) is 53.5 Å². The summed E-state index contributed by atoms with van der Waals surface area (Å²) in [6.07, 6.45) is 3.84. The lowest BCUT2D eigenvalue weighted by Gasteiger charge is -2.28. The van der Waals surface area contributed by atoms with Crippen LogP contribution in [0.25, 0.3) is 11.8 Å². The standard InChI is InChI=1S/C15H15NO2.CHF3O3S/c1-16-10-12-11(5-3-6-14(12)17-2)9-13(16)15-7-4-8-18-15;2-1(3,4)8(5,6)7/h3-9H,10H2,1-2H3;(H,5,6,7). The van der Waals surface area contributed by atoms with Gasteiger partial charge >= 0.3 is 15.6 Å². The highest BCUT2D eigenvalue weighted by molar-refractivity contribution is 7.86. The number of nitrogens with zero attached hydrogens (tertiary/aromatic N) is 1. The largest absolute Gasteiger partial charge is 0.522 e. The van der Waals surface area contributed by atoms with Crippen LogP contribution in [0.5, 0.6) is 5.75 Å².